The number of carbonyl (C=O) groups excluding carboxylic acids is 1. The highest BCUT2D eigenvalue weighted by atomic mass is 16.6. The fourth-order valence-electron chi connectivity index (χ4n) is 1.53. The molecule has 6 nitrogen and oxygen atoms in total. The lowest BCUT2D eigenvalue weighted by molar-refractivity contribution is -0.389. The Morgan fingerprint density at radius 3 is 2.88 bits per heavy atom. The molecule has 0 saturated heterocycles. The number of nitrogens with zero attached hydrogens (tertiary/aromatic N) is 1. The minimum absolute atomic E-state index is 0.147. The Morgan fingerprint density at radius 2 is 2.25 bits per heavy atom. The molecule has 1 N–H and O–H groups in total. The van der Waals surface area contributed by atoms with Crippen LogP contribution in [0.5, 0.6) is 0 Å². The van der Waals surface area contributed by atoms with E-state index in [2.05, 4.69) is 9.72 Å². The molecule has 6 heteroatoms. The summed E-state index contributed by atoms with van der Waals surface area (Å²) in [4.78, 5) is 24.0. The number of hydrogen-bond acceptors (Lipinski definition) is 4. The van der Waals surface area contributed by atoms with Gasteiger partial charge in [0.2, 0.25) is 0 Å². The van der Waals surface area contributed by atoms with Crippen LogP contribution in [0.25, 0.3) is 10.9 Å². The molecule has 0 spiro atoms. The summed E-state index contributed by atoms with van der Waals surface area (Å²) in [6.45, 7) is 0. The number of fused-ring (bicyclic) bond motifs is 1. The van der Waals surface area contributed by atoms with Gasteiger partial charge in [-0.25, -0.2) is 9.78 Å². The van der Waals surface area contributed by atoms with Crippen LogP contribution < -0.4 is 0 Å². The van der Waals surface area contributed by atoms with E-state index >= 15 is 0 Å². The molecular formula is C10H8N2O4. The van der Waals surface area contributed by atoms with Gasteiger partial charge in [0.05, 0.1) is 12.7 Å². The van der Waals surface area contributed by atoms with E-state index in [1.54, 1.807) is 18.2 Å². The molecule has 0 radical (unpaired) electrons. The summed E-state index contributed by atoms with van der Waals surface area (Å²) in [5.41, 5.74) is 0.846. The minimum atomic E-state index is -0.541. The van der Waals surface area contributed by atoms with Gasteiger partial charge >= 0.3 is 11.8 Å². The van der Waals surface area contributed by atoms with Gasteiger partial charge in [-0.05, 0) is 17.1 Å². The monoisotopic (exact) mass is 220 g/mol. The lowest BCUT2D eigenvalue weighted by Gasteiger charge is -1.98. The lowest BCUT2D eigenvalue weighted by atomic mass is 10.1. The molecule has 0 amide bonds. The Bertz CT molecular complexity index is 573. The second-order valence-corrected chi connectivity index (χ2v) is 3.17. The number of hydrogen-bond donors (Lipinski definition) is 1. The molecule has 0 unspecified atom stereocenters. The molecule has 0 saturated carbocycles. The van der Waals surface area contributed by atoms with Crippen LogP contribution in [0.1, 0.15) is 10.4 Å². The average Bonchev–Trinajstić information content (AvgIpc) is 2.71. The topological polar surface area (TPSA) is 85.2 Å². The zero-order chi connectivity index (χ0) is 11.7. The van der Waals surface area contributed by atoms with Gasteiger partial charge in [-0.2, -0.15) is 0 Å². The maximum atomic E-state index is 11.4. The van der Waals surface area contributed by atoms with Crippen molar-refractivity contribution >= 4 is 22.7 Å². The normalized spacial score (nSPS) is 10.3. The Morgan fingerprint density at radius 1 is 1.50 bits per heavy atom. The number of aromatic nitrogens is 1. The number of aromatic amines is 1. The highest BCUT2D eigenvalue weighted by molar-refractivity contribution is 6.04. The molecule has 2 rings (SSSR count). The highest BCUT2D eigenvalue weighted by Crippen LogP contribution is 2.24. The van der Waals surface area contributed by atoms with Crippen molar-refractivity contribution in [2.45, 2.75) is 0 Å². The van der Waals surface area contributed by atoms with E-state index in [1.165, 1.54) is 13.2 Å². The van der Waals surface area contributed by atoms with Crippen molar-refractivity contribution in [3.8, 4) is 0 Å². The Hall–Kier alpha value is -2.37. The Balaban J connectivity index is 2.67. The second-order valence-electron chi connectivity index (χ2n) is 3.17. The third-order valence-corrected chi connectivity index (χ3v) is 2.25. The quantitative estimate of drug-likeness (QED) is 0.475. The van der Waals surface area contributed by atoms with E-state index < -0.39 is 10.9 Å². The van der Waals surface area contributed by atoms with Crippen LogP contribution in [-0.4, -0.2) is 23.0 Å². The molecule has 1 aromatic carbocycles. The number of H-pyrrole nitrogens is 1. The first-order chi connectivity index (χ1) is 7.63. The number of benzene rings is 1. The van der Waals surface area contributed by atoms with Crippen LogP contribution in [0.3, 0.4) is 0 Å². The predicted molar refractivity (Wildman–Crippen MR) is 56.3 cm³/mol. The maximum absolute atomic E-state index is 11.4. The Labute approximate surface area is 90.0 Å². The third-order valence-electron chi connectivity index (χ3n) is 2.25. The number of methoxy groups -OCH3 is 1. The van der Waals surface area contributed by atoms with Gasteiger partial charge in [-0.1, -0.05) is 6.07 Å². The van der Waals surface area contributed by atoms with Gasteiger partial charge in [0.1, 0.15) is 5.52 Å². The van der Waals surface area contributed by atoms with Gasteiger partial charge in [-0.15, -0.1) is 0 Å². The average molecular weight is 220 g/mol. The lowest BCUT2D eigenvalue weighted by Crippen LogP contribution is -2.00. The van der Waals surface area contributed by atoms with Crippen LogP contribution in [0.4, 0.5) is 5.82 Å². The summed E-state index contributed by atoms with van der Waals surface area (Å²) in [6, 6.07) is 6.18. The van der Waals surface area contributed by atoms with E-state index in [-0.39, 0.29) is 5.82 Å². The third kappa shape index (κ3) is 1.50. The maximum Gasteiger partial charge on any atom is 0.338 e. The molecule has 0 aliphatic rings. The Kier molecular flexibility index (Phi) is 2.32. The van der Waals surface area contributed by atoms with Crippen molar-refractivity contribution in [1.82, 2.24) is 4.98 Å². The fraction of sp³-hybridized carbons (Fsp3) is 0.100. The molecular weight excluding hydrogens is 212 g/mol. The van der Waals surface area contributed by atoms with Crippen molar-refractivity contribution < 1.29 is 14.5 Å². The predicted octanol–water partition coefficient (Wildman–Crippen LogP) is 1.86. The molecule has 16 heavy (non-hydrogen) atoms. The van der Waals surface area contributed by atoms with Crippen molar-refractivity contribution in [2.75, 3.05) is 7.11 Å². The number of nitro groups is 1. The molecule has 82 valence electrons. The van der Waals surface area contributed by atoms with Crippen molar-refractivity contribution in [2.24, 2.45) is 0 Å². The van der Waals surface area contributed by atoms with E-state index in [0.29, 0.717) is 16.5 Å². The molecule has 0 bridgehead atoms. The van der Waals surface area contributed by atoms with Crippen LogP contribution >= 0.6 is 0 Å². The number of carbonyl (C=O) groups is 1. The van der Waals surface area contributed by atoms with Crippen molar-refractivity contribution in [1.29, 1.82) is 0 Å². The van der Waals surface area contributed by atoms with Crippen molar-refractivity contribution in [3.63, 3.8) is 0 Å². The number of rotatable bonds is 2. The molecule has 0 aliphatic carbocycles. The first kappa shape index (κ1) is 10.2. The highest BCUT2D eigenvalue weighted by Gasteiger charge is 2.16. The van der Waals surface area contributed by atoms with Gasteiger partial charge in [0, 0.05) is 11.5 Å². The standard InChI is InChI=1S/C10H8N2O4/c1-16-10(13)6-3-2-4-8-7(6)5-9(11-8)12(14)15/h2-5,11H,1H3. The van der Waals surface area contributed by atoms with Crippen LogP contribution in [-0.2, 0) is 4.74 Å². The van der Waals surface area contributed by atoms with Crippen molar-refractivity contribution in [3.05, 3.63) is 39.9 Å². The number of esters is 1. The summed E-state index contributed by atoms with van der Waals surface area (Å²) < 4.78 is 4.59. The summed E-state index contributed by atoms with van der Waals surface area (Å²) >= 11 is 0. The zero-order valence-electron chi connectivity index (χ0n) is 8.39. The summed E-state index contributed by atoms with van der Waals surface area (Å²) in [5, 5.41) is 11.1. The second kappa shape index (κ2) is 3.65. The van der Waals surface area contributed by atoms with E-state index in [0.717, 1.165) is 0 Å². The van der Waals surface area contributed by atoms with Crippen LogP contribution in [0.15, 0.2) is 24.3 Å². The minimum Gasteiger partial charge on any atom is -0.465 e. The zero-order valence-corrected chi connectivity index (χ0v) is 8.39. The van der Waals surface area contributed by atoms with E-state index in [1.807, 2.05) is 0 Å². The van der Waals surface area contributed by atoms with E-state index in [9.17, 15) is 14.9 Å². The van der Waals surface area contributed by atoms with Crippen LogP contribution in [0.2, 0.25) is 0 Å². The summed E-state index contributed by atoms with van der Waals surface area (Å²) in [7, 11) is 1.27. The summed E-state index contributed by atoms with van der Waals surface area (Å²) in [6.07, 6.45) is 0. The largest absolute Gasteiger partial charge is 0.465 e. The first-order valence-corrected chi connectivity index (χ1v) is 4.48. The van der Waals surface area contributed by atoms with Gasteiger partial charge < -0.3 is 14.9 Å². The van der Waals surface area contributed by atoms with Gasteiger partial charge in [0.25, 0.3) is 0 Å². The van der Waals surface area contributed by atoms with Crippen LogP contribution in [0, 0.1) is 10.1 Å². The molecule has 0 fully saturated rings. The summed E-state index contributed by atoms with van der Waals surface area (Å²) in [5.74, 6) is -0.661. The SMILES string of the molecule is COC(=O)c1cccc2[nH]c([N+](=O)[O-])cc12. The fourth-order valence-corrected chi connectivity index (χ4v) is 1.53. The molecule has 0 aliphatic heterocycles. The van der Waals surface area contributed by atoms with Gasteiger partial charge in [0.15, 0.2) is 0 Å². The molecule has 2 aromatic rings. The number of nitrogens with one attached hydrogen (secondary N) is 1. The molecule has 1 aromatic heterocycles. The molecule has 0 atom stereocenters. The number of ether oxygens (including phenoxy) is 1. The van der Waals surface area contributed by atoms with Gasteiger partial charge in [-0.3, -0.25) is 0 Å². The van der Waals surface area contributed by atoms with E-state index in [4.69, 9.17) is 0 Å². The molecule has 1 heterocycles. The first-order valence-electron chi connectivity index (χ1n) is 4.48. The smallest absolute Gasteiger partial charge is 0.338 e.